The van der Waals surface area contributed by atoms with Gasteiger partial charge in [-0.1, -0.05) is 0 Å². The summed E-state index contributed by atoms with van der Waals surface area (Å²) >= 11 is 1.58. The first-order valence-electron chi connectivity index (χ1n) is 5.02. The average molecular weight is 258 g/mol. The molecule has 0 unspecified atom stereocenters. The fourth-order valence-corrected chi connectivity index (χ4v) is 1.85. The molecule has 0 aliphatic carbocycles. The highest BCUT2D eigenvalue weighted by Gasteiger charge is 2.17. The summed E-state index contributed by atoms with van der Waals surface area (Å²) in [5.74, 6) is -1.26. The lowest BCUT2D eigenvalue weighted by Crippen LogP contribution is -2.48. The molecule has 0 bridgehead atoms. The number of hydrogen-bond acceptors (Lipinski definition) is 4. The molecule has 1 heterocycles. The van der Waals surface area contributed by atoms with E-state index >= 15 is 0 Å². The third kappa shape index (κ3) is 4.83. The summed E-state index contributed by atoms with van der Waals surface area (Å²) in [6.07, 6.45) is 0.688. The molecule has 1 aromatic rings. The minimum atomic E-state index is -1.27. The zero-order chi connectivity index (χ0) is 12.7. The first-order valence-corrected chi connectivity index (χ1v) is 5.97. The number of carboxylic acid groups (broad SMARTS) is 1. The van der Waals surface area contributed by atoms with Gasteiger partial charge in [0.1, 0.15) is 0 Å². The van der Waals surface area contributed by atoms with Gasteiger partial charge in [0.2, 0.25) is 0 Å². The van der Waals surface area contributed by atoms with Crippen LogP contribution in [0, 0.1) is 0 Å². The van der Waals surface area contributed by atoms with Gasteiger partial charge in [-0.05, 0) is 28.8 Å². The Kier molecular flexibility index (Phi) is 5.44. The van der Waals surface area contributed by atoms with Crippen LogP contribution in [0.3, 0.4) is 0 Å². The van der Waals surface area contributed by atoms with Crippen LogP contribution < -0.4 is 10.6 Å². The third-order valence-corrected chi connectivity index (χ3v) is 2.80. The number of carbonyl (C=O) groups is 2. The van der Waals surface area contributed by atoms with Crippen LogP contribution in [0.1, 0.15) is 5.56 Å². The van der Waals surface area contributed by atoms with Gasteiger partial charge in [0.25, 0.3) is 0 Å². The molecule has 0 aliphatic heterocycles. The standard InChI is InChI=1S/C10H14N2O4S/c13-5-8(9(14)15)12-10(16)11-3-1-7-2-4-17-6-7/h2,4,6,8,13H,1,3,5H2,(H,14,15)(H2,11,12,16)/t8-/m1/s1. The second kappa shape index (κ2) is 6.87. The van der Waals surface area contributed by atoms with Crippen molar-refractivity contribution in [3.05, 3.63) is 22.4 Å². The van der Waals surface area contributed by atoms with Crippen LogP contribution >= 0.6 is 11.3 Å². The van der Waals surface area contributed by atoms with Gasteiger partial charge in [0.05, 0.1) is 6.61 Å². The number of rotatable bonds is 6. The topological polar surface area (TPSA) is 98.7 Å². The molecule has 17 heavy (non-hydrogen) atoms. The van der Waals surface area contributed by atoms with Gasteiger partial charge in [-0.25, -0.2) is 9.59 Å². The number of thiophene rings is 1. The van der Waals surface area contributed by atoms with E-state index in [4.69, 9.17) is 10.2 Å². The van der Waals surface area contributed by atoms with Crippen LogP contribution in [0.2, 0.25) is 0 Å². The first-order chi connectivity index (χ1) is 8.13. The monoisotopic (exact) mass is 258 g/mol. The van der Waals surface area contributed by atoms with Gasteiger partial charge in [-0.2, -0.15) is 11.3 Å². The van der Waals surface area contributed by atoms with Crippen molar-refractivity contribution in [2.24, 2.45) is 0 Å². The Bertz CT molecular complexity index is 366. The molecular formula is C10H14N2O4S. The Hall–Kier alpha value is -1.60. The molecule has 0 saturated carbocycles. The predicted molar refractivity (Wildman–Crippen MR) is 63.1 cm³/mol. The maximum atomic E-state index is 11.3. The smallest absolute Gasteiger partial charge is 0.328 e. The Labute approximate surface area is 102 Å². The molecule has 0 aliphatic rings. The molecule has 6 nitrogen and oxygen atoms in total. The van der Waals surface area contributed by atoms with E-state index in [1.807, 2.05) is 16.8 Å². The number of hydrogen-bond donors (Lipinski definition) is 4. The molecular weight excluding hydrogens is 244 g/mol. The summed E-state index contributed by atoms with van der Waals surface area (Å²) in [6, 6.07) is 0.0933. The van der Waals surface area contributed by atoms with Crippen LogP contribution in [-0.2, 0) is 11.2 Å². The fourth-order valence-electron chi connectivity index (χ4n) is 1.15. The minimum absolute atomic E-state index is 0.417. The van der Waals surface area contributed by atoms with E-state index in [9.17, 15) is 9.59 Å². The maximum Gasteiger partial charge on any atom is 0.328 e. The molecule has 1 aromatic heterocycles. The lowest BCUT2D eigenvalue weighted by molar-refractivity contribution is -0.140. The predicted octanol–water partition coefficient (Wildman–Crippen LogP) is 0.0353. The summed E-state index contributed by atoms with van der Waals surface area (Å²) < 4.78 is 0. The van der Waals surface area contributed by atoms with Crippen LogP contribution in [0.5, 0.6) is 0 Å². The third-order valence-electron chi connectivity index (χ3n) is 2.07. The fraction of sp³-hybridized carbons (Fsp3) is 0.400. The molecule has 0 aromatic carbocycles. The summed E-state index contributed by atoms with van der Waals surface area (Å²) in [5.41, 5.74) is 1.12. The summed E-state index contributed by atoms with van der Waals surface area (Å²) in [5, 5.41) is 25.9. The second-order valence-electron chi connectivity index (χ2n) is 3.36. The Balaban J connectivity index is 2.23. The highest BCUT2D eigenvalue weighted by Crippen LogP contribution is 2.05. The number of aliphatic hydroxyl groups excluding tert-OH is 1. The van der Waals surface area contributed by atoms with E-state index < -0.39 is 24.6 Å². The largest absolute Gasteiger partial charge is 0.480 e. The SMILES string of the molecule is O=C(NCCc1ccsc1)N[C@H](CO)C(=O)O. The summed E-state index contributed by atoms with van der Waals surface area (Å²) in [7, 11) is 0. The molecule has 1 atom stereocenters. The molecule has 0 fully saturated rings. The first kappa shape index (κ1) is 13.5. The van der Waals surface area contributed by atoms with Gasteiger partial charge in [0.15, 0.2) is 6.04 Å². The number of nitrogens with one attached hydrogen (secondary N) is 2. The zero-order valence-electron chi connectivity index (χ0n) is 9.05. The van der Waals surface area contributed by atoms with E-state index in [0.717, 1.165) is 5.56 Å². The normalized spacial score (nSPS) is 11.8. The van der Waals surface area contributed by atoms with Gasteiger partial charge in [-0.3, -0.25) is 0 Å². The van der Waals surface area contributed by atoms with Gasteiger partial charge < -0.3 is 20.8 Å². The number of carboxylic acids is 1. The zero-order valence-corrected chi connectivity index (χ0v) is 9.87. The van der Waals surface area contributed by atoms with E-state index in [2.05, 4.69) is 10.6 Å². The van der Waals surface area contributed by atoms with Crippen molar-refractivity contribution in [1.82, 2.24) is 10.6 Å². The Morgan fingerprint density at radius 2 is 2.24 bits per heavy atom. The van der Waals surface area contributed by atoms with E-state index in [0.29, 0.717) is 13.0 Å². The van der Waals surface area contributed by atoms with Crippen molar-refractivity contribution >= 4 is 23.3 Å². The summed E-state index contributed by atoms with van der Waals surface area (Å²) in [6.45, 7) is -0.215. The van der Waals surface area contributed by atoms with Crippen molar-refractivity contribution in [2.75, 3.05) is 13.2 Å². The van der Waals surface area contributed by atoms with Crippen LogP contribution in [0.15, 0.2) is 16.8 Å². The van der Waals surface area contributed by atoms with Gasteiger partial charge in [-0.15, -0.1) is 0 Å². The average Bonchev–Trinajstić information content (AvgIpc) is 2.78. The number of urea groups is 1. The molecule has 2 amide bonds. The van der Waals surface area contributed by atoms with Crippen molar-refractivity contribution in [3.8, 4) is 0 Å². The molecule has 7 heteroatoms. The lowest BCUT2D eigenvalue weighted by atomic mass is 10.2. The molecule has 0 saturated heterocycles. The highest BCUT2D eigenvalue weighted by atomic mass is 32.1. The molecule has 0 spiro atoms. The minimum Gasteiger partial charge on any atom is -0.480 e. The molecule has 1 rings (SSSR count). The highest BCUT2D eigenvalue weighted by molar-refractivity contribution is 7.07. The maximum absolute atomic E-state index is 11.3. The van der Waals surface area contributed by atoms with E-state index in [1.165, 1.54) is 0 Å². The van der Waals surface area contributed by atoms with Crippen molar-refractivity contribution < 1.29 is 19.8 Å². The Morgan fingerprint density at radius 1 is 1.47 bits per heavy atom. The number of aliphatic hydroxyl groups is 1. The molecule has 0 radical (unpaired) electrons. The van der Waals surface area contributed by atoms with Gasteiger partial charge >= 0.3 is 12.0 Å². The van der Waals surface area contributed by atoms with Crippen molar-refractivity contribution in [1.29, 1.82) is 0 Å². The summed E-state index contributed by atoms with van der Waals surface area (Å²) in [4.78, 5) is 21.8. The number of carbonyl (C=O) groups excluding carboxylic acids is 1. The van der Waals surface area contributed by atoms with Crippen LogP contribution in [0.4, 0.5) is 4.79 Å². The van der Waals surface area contributed by atoms with E-state index in [1.54, 1.807) is 11.3 Å². The molecule has 94 valence electrons. The van der Waals surface area contributed by atoms with Crippen LogP contribution in [-0.4, -0.2) is 41.4 Å². The quantitative estimate of drug-likeness (QED) is 0.579. The second-order valence-corrected chi connectivity index (χ2v) is 4.14. The van der Waals surface area contributed by atoms with Crippen molar-refractivity contribution in [3.63, 3.8) is 0 Å². The number of amides is 2. The number of aliphatic carboxylic acids is 1. The lowest BCUT2D eigenvalue weighted by Gasteiger charge is -2.12. The van der Waals surface area contributed by atoms with Crippen molar-refractivity contribution in [2.45, 2.75) is 12.5 Å². The van der Waals surface area contributed by atoms with E-state index in [-0.39, 0.29) is 0 Å². The van der Waals surface area contributed by atoms with Gasteiger partial charge in [0, 0.05) is 6.54 Å². The molecule has 4 N–H and O–H groups in total. The van der Waals surface area contributed by atoms with Crippen LogP contribution in [0.25, 0.3) is 0 Å². The Morgan fingerprint density at radius 3 is 2.76 bits per heavy atom.